The van der Waals surface area contributed by atoms with Crippen LogP contribution in [0, 0.1) is 0 Å². The van der Waals surface area contributed by atoms with E-state index in [1.54, 1.807) is 53.1 Å². The number of para-hydroxylation sites is 1. The lowest BCUT2D eigenvalue weighted by molar-refractivity contribution is 0.220. The predicted molar refractivity (Wildman–Crippen MR) is 141 cm³/mol. The van der Waals surface area contributed by atoms with E-state index in [2.05, 4.69) is 26.6 Å². The first kappa shape index (κ1) is 23.8. The van der Waals surface area contributed by atoms with Gasteiger partial charge >= 0.3 is 0 Å². The maximum Gasteiger partial charge on any atom is 0.265 e. The van der Waals surface area contributed by atoms with Gasteiger partial charge < -0.3 is 16.4 Å². The van der Waals surface area contributed by atoms with Crippen molar-refractivity contribution in [3.8, 4) is 11.1 Å². The molecule has 0 aliphatic carbocycles. The highest BCUT2D eigenvalue weighted by Crippen LogP contribution is 2.29. The molecule has 4 aromatic rings. The number of aromatic nitrogens is 3. The molecule has 11 heteroatoms. The van der Waals surface area contributed by atoms with Crippen LogP contribution >= 0.6 is 0 Å². The minimum absolute atomic E-state index is 0.0201. The van der Waals surface area contributed by atoms with E-state index in [0.29, 0.717) is 27.7 Å². The first-order valence-corrected chi connectivity index (χ1v) is 13.1. The van der Waals surface area contributed by atoms with Gasteiger partial charge in [0, 0.05) is 23.5 Å². The van der Waals surface area contributed by atoms with Crippen molar-refractivity contribution in [1.82, 2.24) is 19.4 Å². The monoisotopic (exact) mass is 505 g/mol. The van der Waals surface area contributed by atoms with E-state index in [-0.39, 0.29) is 28.3 Å². The quantitative estimate of drug-likeness (QED) is 0.375. The molecule has 1 fully saturated rings. The standard InChI is InChI=1S/C25H27N7O3S/c1-31-11-9-19(10-12-31)32-24(33)20-13-16(7-8-21(20)29-25(32)27)17-14-22(23(26)28-15-17)36(34,35)30-18-5-3-2-4-6-18/h2-8,13-15,19,30H,9-12H2,1H3,(H2,26,28)(H2,27,29). The second-order valence-corrected chi connectivity index (χ2v) is 10.6. The summed E-state index contributed by atoms with van der Waals surface area (Å²) in [5, 5.41) is 0.407. The minimum Gasteiger partial charge on any atom is -0.383 e. The maximum absolute atomic E-state index is 13.5. The normalized spacial score (nSPS) is 15.2. The number of hydrogen-bond acceptors (Lipinski definition) is 8. The van der Waals surface area contributed by atoms with E-state index in [0.717, 1.165) is 25.9 Å². The van der Waals surface area contributed by atoms with Crippen LogP contribution in [0.25, 0.3) is 22.0 Å². The number of nitrogens with one attached hydrogen (secondary N) is 1. The molecule has 0 unspecified atom stereocenters. The van der Waals surface area contributed by atoms with Crippen LogP contribution in [0.5, 0.6) is 0 Å². The molecule has 36 heavy (non-hydrogen) atoms. The van der Waals surface area contributed by atoms with Crippen LogP contribution in [0.4, 0.5) is 17.5 Å². The molecular weight excluding hydrogens is 478 g/mol. The zero-order chi connectivity index (χ0) is 25.4. The molecule has 1 aliphatic heterocycles. The van der Waals surface area contributed by atoms with Crippen LogP contribution in [-0.2, 0) is 10.0 Å². The Bertz CT molecular complexity index is 1600. The Labute approximate surface area is 208 Å². The number of sulfonamides is 1. The number of fused-ring (bicyclic) bond motifs is 1. The number of rotatable bonds is 5. The van der Waals surface area contributed by atoms with Gasteiger partial charge in [0.25, 0.3) is 15.6 Å². The second-order valence-electron chi connectivity index (χ2n) is 8.99. The van der Waals surface area contributed by atoms with E-state index >= 15 is 0 Å². The summed E-state index contributed by atoms with van der Waals surface area (Å²) < 4.78 is 30.2. The van der Waals surface area contributed by atoms with E-state index in [4.69, 9.17) is 11.5 Å². The molecule has 1 saturated heterocycles. The van der Waals surface area contributed by atoms with Crippen molar-refractivity contribution >= 4 is 38.4 Å². The topological polar surface area (TPSA) is 149 Å². The zero-order valence-corrected chi connectivity index (χ0v) is 20.6. The van der Waals surface area contributed by atoms with E-state index in [9.17, 15) is 13.2 Å². The van der Waals surface area contributed by atoms with Gasteiger partial charge in [-0.2, -0.15) is 0 Å². The molecule has 5 N–H and O–H groups in total. The number of nitrogens with zero attached hydrogens (tertiary/aromatic N) is 4. The summed E-state index contributed by atoms with van der Waals surface area (Å²) in [6.45, 7) is 1.75. The Kier molecular flexibility index (Phi) is 6.10. The molecule has 186 valence electrons. The van der Waals surface area contributed by atoms with E-state index < -0.39 is 10.0 Å². The first-order chi connectivity index (χ1) is 17.2. The van der Waals surface area contributed by atoms with Crippen LogP contribution in [0.15, 0.2) is 70.5 Å². The Morgan fingerprint density at radius 2 is 1.72 bits per heavy atom. The van der Waals surface area contributed by atoms with Gasteiger partial charge in [-0.25, -0.2) is 18.4 Å². The fraction of sp³-hybridized carbons (Fsp3) is 0.240. The Balaban J connectivity index is 1.55. The summed E-state index contributed by atoms with van der Waals surface area (Å²) >= 11 is 0. The molecule has 5 rings (SSSR count). The highest BCUT2D eigenvalue weighted by atomic mass is 32.2. The van der Waals surface area contributed by atoms with Crippen LogP contribution < -0.4 is 21.7 Å². The Hall–Kier alpha value is -3.96. The van der Waals surface area contributed by atoms with Crippen LogP contribution in [0.1, 0.15) is 18.9 Å². The Morgan fingerprint density at radius 3 is 2.44 bits per heavy atom. The molecule has 0 radical (unpaired) electrons. The number of piperidine rings is 1. The summed E-state index contributed by atoms with van der Waals surface area (Å²) in [5.74, 6) is 0.0753. The Morgan fingerprint density at radius 1 is 1.00 bits per heavy atom. The van der Waals surface area contributed by atoms with Crippen molar-refractivity contribution in [3.63, 3.8) is 0 Å². The third kappa shape index (κ3) is 4.50. The first-order valence-electron chi connectivity index (χ1n) is 11.6. The number of benzene rings is 2. The highest BCUT2D eigenvalue weighted by Gasteiger charge is 2.23. The largest absolute Gasteiger partial charge is 0.383 e. The fourth-order valence-corrected chi connectivity index (χ4v) is 5.71. The van der Waals surface area contributed by atoms with Gasteiger partial charge in [-0.1, -0.05) is 24.3 Å². The molecule has 0 saturated carbocycles. The molecule has 0 bridgehead atoms. The van der Waals surface area contributed by atoms with Gasteiger partial charge in [-0.05, 0) is 68.9 Å². The lowest BCUT2D eigenvalue weighted by Gasteiger charge is -2.30. The van der Waals surface area contributed by atoms with Crippen molar-refractivity contribution in [1.29, 1.82) is 0 Å². The van der Waals surface area contributed by atoms with Gasteiger partial charge in [-0.3, -0.25) is 14.1 Å². The molecule has 0 atom stereocenters. The van der Waals surface area contributed by atoms with Crippen molar-refractivity contribution in [2.24, 2.45) is 0 Å². The van der Waals surface area contributed by atoms with Crippen molar-refractivity contribution < 1.29 is 8.42 Å². The number of nitrogens with two attached hydrogens (primary N) is 2. The fourth-order valence-electron chi connectivity index (χ4n) is 4.55. The molecule has 2 aromatic carbocycles. The van der Waals surface area contributed by atoms with E-state index in [1.165, 1.54) is 12.3 Å². The number of nitrogen functional groups attached to an aromatic ring is 2. The molecule has 1 aliphatic rings. The summed E-state index contributed by atoms with van der Waals surface area (Å²) in [6.07, 6.45) is 3.11. The van der Waals surface area contributed by atoms with Gasteiger partial charge in [0.2, 0.25) is 5.95 Å². The van der Waals surface area contributed by atoms with Gasteiger partial charge in [-0.15, -0.1) is 0 Å². The van der Waals surface area contributed by atoms with Gasteiger partial charge in [0.05, 0.1) is 10.9 Å². The summed E-state index contributed by atoms with van der Waals surface area (Å²) in [5.41, 5.74) is 13.9. The molecule has 3 heterocycles. The van der Waals surface area contributed by atoms with E-state index in [1.807, 2.05) is 0 Å². The third-order valence-electron chi connectivity index (χ3n) is 6.51. The highest BCUT2D eigenvalue weighted by molar-refractivity contribution is 7.92. The smallest absolute Gasteiger partial charge is 0.265 e. The summed E-state index contributed by atoms with van der Waals surface area (Å²) in [4.78, 5) is 24.1. The SMILES string of the molecule is CN1CCC(n2c(N)nc3ccc(-c4cnc(N)c(S(=O)(=O)Nc5ccccc5)c4)cc3c2=O)CC1. The minimum atomic E-state index is -3.99. The number of hydrogen-bond donors (Lipinski definition) is 3. The zero-order valence-electron chi connectivity index (χ0n) is 19.8. The van der Waals surface area contributed by atoms with Crippen molar-refractivity contribution in [3.05, 3.63) is 71.1 Å². The van der Waals surface area contributed by atoms with Crippen LogP contribution in [-0.4, -0.2) is 48.0 Å². The molecular formula is C25H27N7O3S. The van der Waals surface area contributed by atoms with Gasteiger partial charge in [0.15, 0.2) is 0 Å². The lowest BCUT2D eigenvalue weighted by Crippen LogP contribution is -2.36. The predicted octanol–water partition coefficient (Wildman–Crippen LogP) is 2.69. The number of pyridine rings is 1. The molecule has 2 aromatic heterocycles. The average molecular weight is 506 g/mol. The van der Waals surface area contributed by atoms with Crippen LogP contribution in [0.3, 0.4) is 0 Å². The van der Waals surface area contributed by atoms with Crippen molar-refractivity contribution in [2.45, 2.75) is 23.8 Å². The maximum atomic E-state index is 13.5. The summed E-state index contributed by atoms with van der Waals surface area (Å²) in [7, 11) is -1.94. The van der Waals surface area contributed by atoms with Crippen molar-refractivity contribution in [2.75, 3.05) is 36.3 Å². The molecule has 0 spiro atoms. The van der Waals surface area contributed by atoms with Crippen LogP contribution in [0.2, 0.25) is 0 Å². The van der Waals surface area contributed by atoms with Gasteiger partial charge in [0.1, 0.15) is 10.7 Å². The lowest BCUT2D eigenvalue weighted by atomic mass is 10.0. The second kappa shape index (κ2) is 9.25. The third-order valence-corrected chi connectivity index (χ3v) is 7.92. The molecule has 10 nitrogen and oxygen atoms in total. The number of likely N-dealkylation sites (tertiary alicyclic amines) is 1. The number of anilines is 3. The summed E-state index contributed by atoms with van der Waals surface area (Å²) in [6, 6.07) is 15.1. The average Bonchev–Trinajstić information content (AvgIpc) is 2.85. The molecule has 0 amide bonds.